The van der Waals surface area contributed by atoms with Crippen LogP contribution in [0.25, 0.3) is 0 Å². The third kappa shape index (κ3) is 4.90. The Morgan fingerprint density at radius 1 is 0.792 bits per heavy atom. The van der Waals surface area contributed by atoms with Crippen LogP contribution in [0.4, 0.5) is 0 Å². The van der Waals surface area contributed by atoms with Crippen LogP contribution in [-0.2, 0) is 13.6 Å². The van der Waals surface area contributed by atoms with Crippen molar-refractivity contribution in [1.29, 1.82) is 0 Å². The smallest absolute Gasteiger partial charge is 0.291 e. The second-order valence-corrected chi connectivity index (χ2v) is 6.21. The van der Waals surface area contributed by atoms with Gasteiger partial charge < -0.3 is 0 Å². The van der Waals surface area contributed by atoms with Crippen molar-refractivity contribution in [2.45, 2.75) is 13.8 Å². The highest BCUT2D eigenvalue weighted by atomic mass is 31.1. The van der Waals surface area contributed by atoms with E-state index in [9.17, 15) is 14.2 Å². The fourth-order valence-electron chi connectivity index (χ4n) is 2.19. The number of carbonyl (C=O) groups is 2. The van der Waals surface area contributed by atoms with E-state index in [1.165, 1.54) is 0 Å². The molecule has 0 spiro atoms. The molecule has 0 saturated heterocycles. The fourth-order valence-corrected chi connectivity index (χ4v) is 2.71. The molecule has 0 amide bonds. The van der Waals surface area contributed by atoms with E-state index in [2.05, 4.69) is 0 Å². The van der Waals surface area contributed by atoms with Crippen LogP contribution in [0.3, 0.4) is 0 Å². The monoisotopic (exact) mass is 345 g/mol. The quantitative estimate of drug-likeness (QED) is 0.533. The topological polar surface area (TPSA) is 69.7 Å². The van der Waals surface area contributed by atoms with E-state index in [1.807, 2.05) is 38.1 Å². The first kappa shape index (κ1) is 18.1. The first-order chi connectivity index (χ1) is 11.5. The van der Waals surface area contributed by atoms with E-state index in [4.69, 9.17) is 9.05 Å². The highest BCUT2D eigenvalue weighted by Gasteiger charge is 2.25. The molecule has 0 aliphatic heterocycles. The molecule has 0 heterocycles. The van der Waals surface area contributed by atoms with Gasteiger partial charge in [-0.05, 0) is 25.0 Å². The second-order valence-electron chi connectivity index (χ2n) is 5.25. The molecule has 0 aliphatic rings. The van der Waals surface area contributed by atoms with Crippen LogP contribution in [-0.4, -0.2) is 24.8 Å². The van der Waals surface area contributed by atoms with Crippen molar-refractivity contribution >= 4 is 19.8 Å². The number of benzene rings is 2. The van der Waals surface area contributed by atoms with Crippen LogP contribution in [0.2, 0.25) is 0 Å². The minimum atomic E-state index is -2.54. The predicted octanol–water partition coefficient (Wildman–Crippen LogP) is 4.06. The van der Waals surface area contributed by atoms with Crippen LogP contribution in [0.5, 0.6) is 0 Å². The van der Waals surface area contributed by atoms with Gasteiger partial charge in [0.1, 0.15) is 0 Å². The van der Waals surface area contributed by atoms with E-state index in [1.54, 1.807) is 24.3 Å². The number of ketones is 2. The summed E-state index contributed by atoms with van der Waals surface area (Å²) < 4.78 is 21.5. The van der Waals surface area contributed by atoms with Gasteiger partial charge >= 0.3 is 8.25 Å². The molecule has 0 aliphatic carbocycles. The van der Waals surface area contributed by atoms with Gasteiger partial charge in [-0.25, -0.2) is 0 Å². The zero-order valence-corrected chi connectivity index (χ0v) is 14.4. The molecule has 0 N–H and O–H groups in total. The Hall–Kier alpha value is -2.20. The summed E-state index contributed by atoms with van der Waals surface area (Å²) in [6.07, 6.45) is 0. The Labute approximate surface area is 141 Å². The zero-order chi connectivity index (χ0) is 17.5. The summed E-state index contributed by atoms with van der Waals surface area (Å²) >= 11 is 0. The summed E-state index contributed by atoms with van der Waals surface area (Å²) in [5.74, 6) is -0.574. The average Bonchev–Trinajstić information content (AvgIpc) is 2.58. The molecule has 2 rings (SSSR count). The average molecular weight is 345 g/mol. The normalized spacial score (nSPS) is 10.4. The molecule has 0 bridgehead atoms. The Morgan fingerprint density at radius 3 is 1.54 bits per heavy atom. The fraction of sp³-hybridized carbons (Fsp3) is 0.222. The Kier molecular flexibility index (Phi) is 6.50. The van der Waals surface area contributed by atoms with Gasteiger partial charge in [0.25, 0.3) is 0 Å². The van der Waals surface area contributed by atoms with Crippen LogP contribution in [0.15, 0.2) is 48.5 Å². The maximum absolute atomic E-state index is 12.0. The third-order valence-corrected chi connectivity index (χ3v) is 4.17. The summed E-state index contributed by atoms with van der Waals surface area (Å²) in [4.78, 5) is 24.0. The molecule has 0 aromatic heterocycles. The lowest BCUT2D eigenvalue weighted by molar-refractivity contribution is 0.0877. The first-order valence-electron chi connectivity index (χ1n) is 7.40. The van der Waals surface area contributed by atoms with Gasteiger partial charge in [0.05, 0.1) is 0 Å². The molecule has 0 unspecified atom stereocenters. The number of hydrogen-bond acceptors (Lipinski definition) is 5. The number of Topliss-reactive ketones (excluding diaryl/α,β-unsaturated/α-hetero) is 2. The lowest BCUT2D eigenvalue weighted by atomic mass is 10.1. The van der Waals surface area contributed by atoms with Gasteiger partial charge in [-0.3, -0.25) is 9.59 Å². The molecule has 0 radical (unpaired) electrons. The van der Waals surface area contributed by atoms with Crippen LogP contribution >= 0.6 is 8.25 Å². The maximum Gasteiger partial charge on any atom is 0.698 e. The molecule has 2 aromatic carbocycles. The van der Waals surface area contributed by atoms with Gasteiger partial charge in [0, 0.05) is 15.7 Å². The van der Waals surface area contributed by atoms with E-state index < -0.39 is 8.25 Å². The number of hydrogen-bond donors (Lipinski definition) is 0. The van der Waals surface area contributed by atoms with Gasteiger partial charge in [-0.2, -0.15) is 0 Å². The van der Waals surface area contributed by atoms with Crippen molar-refractivity contribution in [2.75, 3.05) is 13.2 Å². The Bertz CT molecular complexity index is 706. The van der Waals surface area contributed by atoms with E-state index in [0.717, 1.165) is 11.1 Å². The summed E-state index contributed by atoms with van der Waals surface area (Å²) in [6.45, 7) is 2.90. The Balaban J connectivity index is 1.82. The van der Waals surface area contributed by atoms with Crippen molar-refractivity contribution < 1.29 is 23.2 Å². The third-order valence-electron chi connectivity index (χ3n) is 3.49. The summed E-state index contributed by atoms with van der Waals surface area (Å²) in [5.41, 5.74) is 2.66. The minimum absolute atomic E-state index is 0.287. The SMILES string of the molecule is Cc1ccccc1C(=O)CO[P+](=O)OCC(=O)c1ccccc1C. The van der Waals surface area contributed by atoms with Gasteiger partial charge in [-0.15, -0.1) is 9.05 Å². The van der Waals surface area contributed by atoms with E-state index in [0.29, 0.717) is 11.1 Å². The molecule has 6 heteroatoms. The largest absolute Gasteiger partial charge is 0.698 e. The Morgan fingerprint density at radius 2 is 1.17 bits per heavy atom. The van der Waals surface area contributed by atoms with Crippen molar-refractivity contribution in [2.24, 2.45) is 0 Å². The number of rotatable bonds is 8. The lowest BCUT2D eigenvalue weighted by Gasteiger charge is -2.02. The van der Waals surface area contributed by atoms with Crippen molar-refractivity contribution in [3.63, 3.8) is 0 Å². The molecule has 2 aromatic rings. The van der Waals surface area contributed by atoms with E-state index >= 15 is 0 Å². The van der Waals surface area contributed by atoms with Gasteiger partial charge in [0.2, 0.25) is 0 Å². The molecular weight excluding hydrogens is 327 g/mol. The van der Waals surface area contributed by atoms with Crippen LogP contribution in [0, 0.1) is 13.8 Å². The predicted molar refractivity (Wildman–Crippen MR) is 90.5 cm³/mol. The van der Waals surface area contributed by atoms with Crippen molar-refractivity contribution in [3.05, 3.63) is 70.8 Å². The molecule has 0 fully saturated rings. The molecule has 24 heavy (non-hydrogen) atoms. The van der Waals surface area contributed by atoms with Crippen molar-refractivity contribution in [1.82, 2.24) is 0 Å². The molecule has 0 atom stereocenters. The van der Waals surface area contributed by atoms with Crippen molar-refractivity contribution in [3.8, 4) is 0 Å². The highest BCUT2D eigenvalue weighted by molar-refractivity contribution is 7.33. The summed E-state index contributed by atoms with van der Waals surface area (Å²) in [5, 5.41) is 0. The standard InChI is InChI=1S/C18H18O5P/c1-13-7-3-5-9-15(13)17(19)11-22-24(21)23-12-18(20)16-10-6-4-8-14(16)2/h3-10H,11-12H2,1-2H3/q+1. The summed E-state index contributed by atoms with van der Waals surface area (Å²) in [7, 11) is -2.54. The minimum Gasteiger partial charge on any atom is -0.291 e. The number of aryl methyl sites for hydroxylation is 2. The summed E-state index contributed by atoms with van der Waals surface area (Å²) in [6, 6.07) is 14.1. The zero-order valence-electron chi connectivity index (χ0n) is 13.5. The molecule has 124 valence electrons. The maximum atomic E-state index is 12.0. The number of carbonyl (C=O) groups excluding carboxylic acids is 2. The lowest BCUT2D eigenvalue weighted by Crippen LogP contribution is -2.10. The molecular formula is C18H18O5P+. The molecule has 0 saturated carbocycles. The van der Waals surface area contributed by atoms with Crippen LogP contribution < -0.4 is 0 Å². The van der Waals surface area contributed by atoms with E-state index in [-0.39, 0.29) is 24.8 Å². The highest BCUT2D eigenvalue weighted by Crippen LogP contribution is 2.25. The van der Waals surface area contributed by atoms with Crippen LogP contribution in [0.1, 0.15) is 31.8 Å². The van der Waals surface area contributed by atoms with Gasteiger partial charge in [0.15, 0.2) is 24.8 Å². The first-order valence-corrected chi connectivity index (χ1v) is 8.49. The second kappa shape index (κ2) is 8.60. The molecule has 5 nitrogen and oxygen atoms in total. The van der Waals surface area contributed by atoms with Gasteiger partial charge in [-0.1, -0.05) is 48.5 Å².